The number of carbonyl (C=O) groups excluding carboxylic acids is 2. The number of hydrogen-bond donors (Lipinski definition) is 0. The number of allylic oxidation sites excluding steroid dienone is 4. The zero-order valence-corrected chi connectivity index (χ0v) is 17.0. The van der Waals surface area contributed by atoms with Gasteiger partial charge in [-0.15, -0.1) is 13.2 Å². The van der Waals surface area contributed by atoms with Gasteiger partial charge in [-0.05, 0) is 55.5 Å². The van der Waals surface area contributed by atoms with Crippen LogP contribution < -0.4 is 4.74 Å². The number of aldehydes is 1. The number of rotatable bonds is 5. The predicted molar refractivity (Wildman–Crippen MR) is 109 cm³/mol. The SMILES string of the molecule is CC1=C=CN2C(=C1)CCC(C)C=CC2=NC(C=O)C(=O)c1ccccc1OC(F)(F)F. The van der Waals surface area contributed by atoms with Crippen LogP contribution in [0, 0.1) is 5.92 Å². The summed E-state index contributed by atoms with van der Waals surface area (Å²) in [6.07, 6.45) is 4.25. The van der Waals surface area contributed by atoms with Crippen molar-refractivity contribution in [3.05, 3.63) is 71.3 Å². The standard InChI is InChI=1S/C23H21F3N2O3/c1-15-7-9-17-13-16(2)11-12-28(17)21(10-8-15)27-19(14-29)22(30)18-5-3-4-6-20(18)31-23(24,25)26/h3-6,8,10,12-15,19H,7,9H2,1-2H3. The highest BCUT2D eigenvalue weighted by atomic mass is 19.4. The summed E-state index contributed by atoms with van der Waals surface area (Å²) in [5, 5.41) is 0. The fourth-order valence-electron chi connectivity index (χ4n) is 3.26. The number of benzene rings is 1. The largest absolute Gasteiger partial charge is 0.573 e. The number of amidine groups is 1. The fraction of sp³-hybridized carbons (Fsp3) is 0.304. The molecular weight excluding hydrogens is 409 g/mol. The van der Waals surface area contributed by atoms with E-state index in [2.05, 4.69) is 15.5 Å². The molecule has 31 heavy (non-hydrogen) atoms. The first-order valence-electron chi connectivity index (χ1n) is 9.71. The molecule has 0 N–H and O–H groups in total. The summed E-state index contributed by atoms with van der Waals surface area (Å²) in [6.45, 7) is 3.95. The average molecular weight is 430 g/mol. The number of Topliss-reactive ketones (excluding diaryl/α,β-unsaturated/α-hetero) is 1. The van der Waals surface area contributed by atoms with Gasteiger partial charge in [0.05, 0.1) is 11.8 Å². The molecule has 2 heterocycles. The molecule has 1 aromatic carbocycles. The number of nitrogens with zero attached hydrogens (tertiary/aromatic N) is 2. The summed E-state index contributed by atoms with van der Waals surface area (Å²) < 4.78 is 42.1. The molecule has 8 heteroatoms. The Morgan fingerprint density at radius 1 is 1.35 bits per heavy atom. The van der Waals surface area contributed by atoms with Gasteiger partial charge in [-0.2, -0.15) is 0 Å². The Morgan fingerprint density at radius 3 is 2.81 bits per heavy atom. The Morgan fingerprint density at radius 2 is 2.10 bits per heavy atom. The molecule has 5 nitrogen and oxygen atoms in total. The van der Waals surface area contributed by atoms with Crippen molar-refractivity contribution >= 4 is 17.9 Å². The number of alkyl halides is 3. The number of ketones is 1. The van der Waals surface area contributed by atoms with Crippen molar-refractivity contribution in [3.8, 4) is 5.75 Å². The van der Waals surface area contributed by atoms with Crippen LogP contribution in [0.5, 0.6) is 5.75 Å². The highest BCUT2D eigenvalue weighted by molar-refractivity contribution is 6.12. The van der Waals surface area contributed by atoms with Gasteiger partial charge in [0.2, 0.25) is 0 Å². The van der Waals surface area contributed by atoms with E-state index >= 15 is 0 Å². The van der Waals surface area contributed by atoms with E-state index in [1.807, 2.05) is 26.0 Å². The smallest absolute Gasteiger partial charge is 0.405 e. The molecule has 0 fully saturated rings. The second-order valence-corrected chi connectivity index (χ2v) is 7.31. The van der Waals surface area contributed by atoms with E-state index in [1.54, 1.807) is 17.2 Å². The highest BCUT2D eigenvalue weighted by Gasteiger charge is 2.34. The molecule has 0 spiro atoms. The molecule has 2 atom stereocenters. The number of fused-ring (bicyclic) bond motifs is 1. The van der Waals surface area contributed by atoms with Crippen molar-refractivity contribution in [1.29, 1.82) is 0 Å². The normalized spacial score (nSPS) is 20.9. The zero-order chi connectivity index (χ0) is 22.6. The van der Waals surface area contributed by atoms with E-state index in [-0.39, 0.29) is 11.5 Å². The van der Waals surface area contributed by atoms with Crippen LogP contribution in [0.1, 0.15) is 37.0 Å². The first-order valence-corrected chi connectivity index (χ1v) is 9.71. The van der Waals surface area contributed by atoms with Gasteiger partial charge in [-0.25, -0.2) is 4.99 Å². The first-order chi connectivity index (χ1) is 14.7. The summed E-state index contributed by atoms with van der Waals surface area (Å²) in [7, 11) is 0. The highest BCUT2D eigenvalue weighted by Crippen LogP contribution is 2.28. The lowest BCUT2D eigenvalue weighted by Crippen LogP contribution is -2.31. The third kappa shape index (κ3) is 5.61. The van der Waals surface area contributed by atoms with Gasteiger partial charge in [0.25, 0.3) is 0 Å². The molecule has 0 amide bonds. The quantitative estimate of drug-likeness (QED) is 0.286. The van der Waals surface area contributed by atoms with Crippen LogP contribution in [0.2, 0.25) is 0 Å². The lowest BCUT2D eigenvalue weighted by Gasteiger charge is -2.28. The van der Waals surface area contributed by atoms with E-state index in [9.17, 15) is 22.8 Å². The minimum absolute atomic E-state index is 0.245. The lowest BCUT2D eigenvalue weighted by molar-refractivity contribution is -0.274. The third-order valence-corrected chi connectivity index (χ3v) is 4.84. The Bertz CT molecular complexity index is 1030. The molecule has 0 aromatic heterocycles. The fourth-order valence-corrected chi connectivity index (χ4v) is 3.26. The first kappa shape index (κ1) is 22.3. The second kappa shape index (κ2) is 9.18. The summed E-state index contributed by atoms with van der Waals surface area (Å²) >= 11 is 0. The Hall–Kier alpha value is -3.38. The van der Waals surface area contributed by atoms with Gasteiger partial charge in [0.15, 0.2) is 18.1 Å². The topological polar surface area (TPSA) is 59.0 Å². The van der Waals surface area contributed by atoms with Crippen LogP contribution in [0.3, 0.4) is 0 Å². The van der Waals surface area contributed by atoms with E-state index in [4.69, 9.17) is 0 Å². The molecule has 0 aliphatic carbocycles. The number of halogens is 3. The van der Waals surface area contributed by atoms with Crippen LogP contribution >= 0.6 is 0 Å². The number of aliphatic imine (C=N–C) groups is 1. The van der Waals surface area contributed by atoms with Crippen LogP contribution in [0.4, 0.5) is 13.2 Å². The molecular formula is C23H21F3N2O3. The molecule has 0 radical (unpaired) electrons. The van der Waals surface area contributed by atoms with Gasteiger partial charge in [0.1, 0.15) is 11.6 Å². The van der Waals surface area contributed by atoms with E-state index in [0.717, 1.165) is 30.2 Å². The Labute approximate surface area is 177 Å². The molecule has 2 aliphatic rings. The molecule has 0 saturated carbocycles. The Kier molecular flexibility index (Phi) is 6.61. The summed E-state index contributed by atoms with van der Waals surface area (Å²) in [5.74, 6) is -0.984. The maximum atomic E-state index is 12.9. The minimum Gasteiger partial charge on any atom is -0.405 e. The maximum absolute atomic E-state index is 12.9. The number of carbonyl (C=O) groups is 2. The van der Waals surface area contributed by atoms with Crippen molar-refractivity contribution in [2.75, 3.05) is 0 Å². The minimum atomic E-state index is -4.97. The van der Waals surface area contributed by atoms with Crippen LogP contribution in [0.25, 0.3) is 0 Å². The van der Waals surface area contributed by atoms with Crippen LogP contribution in [-0.2, 0) is 4.79 Å². The molecule has 2 unspecified atom stereocenters. The second-order valence-electron chi connectivity index (χ2n) is 7.31. The maximum Gasteiger partial charge on any atom is 0.573 e. The van der Waals surface area contributed by atoms with Crippen molar-refractivity contribution in [2.24, 2.45) is 10.9 Å². The van der Waals surface area contributed by atoms with Gasteiger partial charge in [0, 0.05) is 5.70 Å². The van der Waals surface area contributed by atoms with Crippen molar-refractivity contribution in [2.45, 2.75) is 39.1 Å². The number of hydrogen-bond acceptors (Lipinski definition) is 4. The molecule has 1 aromatic rings. The van der Waals surface area contributed by atoms with E-state index in [0.29, 0.717) is 12.1 Å². The van der Waals surface area contributed by atoms with E-state index in [1.165, 1.54) is 18.2 Å². The van der Waals surface area contributed by atoms with Gasteiger partial charge < -0.3 is 9.53 Å². The van der Waals surface area contributed by atoms with Crippen molar-refractivity contribution in [1.82, 2.24) is 4.90 Å². The van der Waals surface area contributed by atoms with Gasteiger partial charge >= 0.3 is 6.36 Å². The third-order valence-electron chi connectivity index (χ3n) is 4.84. The average Bonchev–Trinajstić information content (AvgIpc) is 2.70. The number of ether oxygens (including phenoxy) is 1. The number of para-hydroxylation sites is 1. The van der Waals surface area contributed by atoms with Crippen molar-refractivity contribution in [3.63, 3.8) is 0 Å². The van der Waals surface area contributed by atoms with Crippen LogP contribution in [0.15, 0.2) is 70.7 Å². The monoisotopic (exact) mass is 430 g/mol. The van der Waals surface area contributed by atoms with Gasteiger partial charge in [-0.1, -0.05) is 30.9 Å². The molecule has 3 rings (SSSR count). The van der Waals surface area contributed by atoms with Crippen molar-refractivity contribution < 1.29 is 27.5 Å². The lowest BCUT2D eigenvalue weighted by atomic mass is 9.99. The summed E-state index contributed by atoms with van der Waals surface area (Å²) in [5.41, 5.74) is 4.56. The molecule has 0 bridgehead atoms. The molecule has 162 valence electrons. The molecule has 2 aliphatic heterocycles. The summed E-state index contributed by atoms with van der Waals surface area (Å²) in [6, 6.07) is 3.37. The summed E-state index contributed by atoms with van der Waals surface area (Å²) in [4.78, 5) is 30.7. The Balaban J connectivity index is 2.00. The zero-order valence-electron chi connectivity index (χ0n) is 17.0. The molecule has 0 saturated heterocycles. The van der Waals surface area contributed by atoms with E-state index < -0.39 is 23.9 Å². The predicted octanol–water partition coefficient (Wildman–Crippen LogP) is 4.98. The van der Waals surface area contributed by atoms with Crippen LogP contribution in [-0.4, -0.2) is 35.2 Å². The van der Waals surface area contributed by atoms with Gasteiger partial charge in [-0.3, -0.25) is 9.69 Å².